The molecule has 202 valence electrons. The molecule has 0 aliphatic carbocycles. The molecular weight excluding hydrogens is 582 g/mol. The summed E-state index contributed by atoms with van der Waals surface area (Å²) in [5, 5.41) is -0.430. The summed E-state index contributed by atoms with van der Waals surface area (Å²) in [6, 6.07) is 17.8. The third kappa shape index (κ3) is 6.13. The Kier molecular flexibility index (Phi) is 8.25. The molecule has 8 nitrogen and oxygen atoms in total. The first-order valence-corrected chi connectivity index (χ1v) is 14.2. The van der Waals surface area contributed by atoms with E-state index in [1.807, 2.05) is 68.4 Å². The number of carbonyl (C=O) groups is 3. The highest BCUT2D eigenvalue weighted by Gasteiger charge is 2.37. The molecule has 0 spiro atoms. The monoisotopic (exact) mass is 609 g/mol. The van der Waals surface area contributed by atoms with Gasteiger partial charge in [0, 0.05) is 34.6 Å². The van der Waals surface area contributed by atoms with Gasteiger partial charge in [0.15, 0.2) is 0 Å². The molecule has 1 aromatic heterocycles. The van der Waals surface area contributed by atoms with Crippen LogP contribution in [0.5, 0.6) is 5.75 Å². The Hall–Kier alpha value is -3.34. The number of morpholine rings is 1. The number of halogens is 1. The van der Waals surface area contributed by atoms with Gasteiger partial charge in [-0.1, -0.05) is 28.1 Å². The zero-order chi connectivity index (χ0) is 27.5. The van der Waals surface area contributed by atoms with Crippen LogP contribution in [0.2, 0.25) is 0 Å². The highest BCUT2D eigenvalue weighted by atomic mass is 79.9. The molecule has 3 amide bonds. The predicted octanol–water partition coefficient (Wildman–Crippen LogP) is 5.33. The lowest BCUT2D eigenvalue weighted by Gasteiger charge is -2.28. The van der Waals surface area contributed by atoms with E-state index < -0.39 is 11.1 Å². The Morgan fingerprint density at radius 3 is 2.44 bits per heavy atom. The van der Waals surface area contributed by atoms with E-state index in [0.29, 0.717) is 37.8 Å². The normalized spacial score (nSPS) is 16.8. The van der Waals surface area contributed by atoms with Gasteiger partial charge in [-0.15, -0.1) is 0 Å². The minimum absolute atomic E-state index is 0.246. The van der Waals surface area contributed by atoms with E-state index in [-0.39, 0.29) is 12.5 Å². The maximum atomic E-state index is 13.0. The average Bonchev–Trinajstić information content (AvgIpc) is 3.37. The maximum absolute atomic E-state index is 13.0. The smallest absolute Gasteiger partial charge is 0.294 e. The van der Waals surface area contributed by atoms with Gasteiger partial charge in [0.1, 0.15) is 18.9 Å². The second-order valence-corrected chi connectivity index (χ2v) is 11.2. The molecule has 2 fully saturated rings. The van der Waals surface area contributed by atoms with Crippen LogP contribution in [0.15, 0.2) is 64.0 Å². The fourth-order valence-electron chi connectivity index (χ4n) is 4.60. The summed E-state index contributed by atoms with van der Waals surface area (Å²) in [6.45, 7) is 6.06. The third-order valence-corrected chi connectivity index (χ3v) is 8.14. The first-order chi connectivity index (χ1) is 18.8. The molecule has 0 radical (unpaired) electrons. The van der Waals surface area contributed by atoms with Crippen molar-refractivity contribution >= 4 is 50.8 Å². The van der Waals surface area contributed by atoms with Crippen LogP contribution >= 0.6 is 27.7 Å². The van der Waals surface area contributed by atoms with Gasteiger partial charge in [0.2, 0.25) is 5.91 Å². The lowest BCUT2D eigenvalue weighted by Crippen LogP contribution is -2.46. The van der Waals surface area contributed by atoms with Crippen molar-refractivity contribution in [3.05, 3.63) is 86.5 Å². The summed E-state index contributed by atoms with van der Waals surface area (Å²) < 4.78 is 14.3. The highest BCUT2D eigenvalue weighted by Crippen LogP contribution is 2.34. The predicted molar refractivity (Wildman–Crippen MR) is 154 cm³/mol. The number of nitrogens with zero attached hydrogens (tertiary/aromatic N) is 3. The molecule has 10 heteroatoms. The van der Waals surface area contributed by atoms with Gasteiger partial charge in [-0.3, -0.25) is 19.3 Å². The first kappa shape index (κ1) is 27.2. The van der Waals surface area contributed by atoms with Crippen molar-refractivity contribution in [1.29, 1.82) is 0 Å². The number of aryl methyl sites for hydroxylation is 1. The molecule has 0 unspecified atom stereocenters. The quantitative estimate of drug-likeness (QED) is 0.337. The van der Waals surface area contributed by atoms with Gasteiger partial charge >= 0.3 is 0 Å². The summed E-state index contributed by atoms with van der Waals surface area (Å²) in [5.74, 6) is 0.0811. The molecule has 0 saturated carbocycles. The Balaban J connectivity index is 1.28. The topological polar surface area (TPSA) is 81.1 Å². The van der Waals surface area contributed by atoms with Crippen molar-refractivity contribution in [2.24, 2.45) is 0 Å². The molecule has 5 rings (SSSR count). The number of hydrogen-bond acceptors (Lipinski definition) is 6. The van der Waals surface area contributed by atoms with E-state index >= 15 is 0 Å². The van der Waals surface area contributed by atoms with E-state index in [4.69, 9.17) is 9.47 Å². The second kappa shape index (κ2) is 11.8. The summed E-state index contributed by atoms with van der Waals surface area (Å²) in [4.78, 5) is 41.2. The van der Waals surface area contributed by atoms with Crippen molar-refractivity contribution in [2.75, 3.05) is 32.8 Å². The van der Waals surface area contributed by atoms with E-state index in [0.717, 1.165) is 55.1 Å². The van der Waals surface area contributed by atoms with E-state index in [1.165, 1.54) is 0 Å². The van der Waals surface area contributed by atoms with Gasteiger partial charge < -0.3 is 18.9 Å². The van der Waals surface area contributed by atoms with Gasteiger partial charge in [-0.25, -0.2) is 0 Å². The van der Waals surface area contributed by atoms with Crippen molar-refractivity contribution in [3.63, 3.8) is 0 Å². The van der Waals surface area contributed by atoms with Gasteiger partial charge in [-0.05, 0) is 85.3 Å². The van der Waals surface area contributed by atoms with Crippen LogP contribution in [0.1, 0.15) is 22.5 Å². The van der Waals surface area contributed by atoms with Crippen molar-refractivity contribution in [3.8, 4) is 11.4 Å². The molecule has 0 atom stereocenters. The number of benzene rings is 2. The maximum Gasteiger partial charge on any atom is 0.294 e. The fourth-order valence-corrected chi connectivity index (χ4v) is 5.69. The minimum Gasteiger partial charge on any atom is -0.489 e. The largest absolute Gasteiger partial charge is 0.489 e. The first-order valence-electron chi connectivity index (χ1n) is 12.6. The van der Waals surface area contributed by atoms with Crippen LogP contribution in [-0.2, 0) is 20.9 Å². The summed E-state index contributed by atoms with van der Waals surface area (Å²) in [5.41, 5.74) is 4.81. The Morgan fingerprint density at radius 2 is 1.74 bits per heavy atom. The molecule has 2 aromatic carbocycles. The summed E-state index contributed by atoms with van der Waals surface area (Å²) >= 11 is 4.31. The van der Waals surface area contributed by atoms with E-state index in [9.17, 15) is 14.4 Å². The number of imide groups is 1. The van der Waals surface area contributed by atoms with Crippen molar-refractivity contribution in [2.45, 2.75) is 20.5 Å². The van der Waals surface area contributed by atoms with Gasteiger partial charge in [0.05, 0.1) is 18.1 Å². The van der Waals surface area contributed by atoms with Crippen LogP contribution in [-0.4, -0.2) is 64.3 Å². The Morgan fingerprint density at radius 1 is 1.05 bits per heavy atom. The third-order valence-electron chi connectivity index (χ3n) is 6.70. The SMILES string of the molecule is Cc1cc(/C=C2/SC(=O)N(CC(=O)N3CCOCC3)C2=O)c(C)n1-c1ccc(OCc2ccc(Br)cc2)cc1. The van der Waals surface area contributed by atoms with E-state index in [2.05, 4.69) is 20.5 Å². The summed E-state index contributed by atoms with van der Waals surface area (Å²) in [7, 11) is 0. The molecule has 2 aliphatic heterocycles. The van der Waals surface area contributed by atoms with Crippen molar-refractivity contribution in [1.82, 2.24) is 14.4 Å². The highest BCUT2D eigenvalue weighted by molar-refractivity contribution is 9.10. The molecule has 39 heavy (non-hydrogen) atoms. The second-order valence-electron chi connectivity index (χ2n) is 9.33. The molecule has 2 saturated heterocycles. The van der Waals surface area contributed by atoms with Gasteiger partial charge in [0.25, 0.3) is 11.1 Å². The zero-order valence-electron chi connectivity index (χ0n) is 21.7. The lowest BCUT2D eigenvalue weighted by atomic mass is 10.2. The number of aromatic nitrogens is 1. The zero-order valence-corrected chi connectivity index (χ0v) is 24.1. The number of ether oxygens (including phenoxy) is 2. The summed E-state index contributed by atoms with van der Waals surface area (Å²) in [6.07, 6.45) is 1.73. The van der Waals surface area contributed by atoms with Crippen LogP contribution in [0.25, 0.3) is 11.8 Å². The Bertz CT molecular complexity index is 1430. The van der Waals surface area contributed by atoms with Gasteiger partial charge in [-0.2, -0.15) is 0 Å². The molecule has 2 aliphatic rings. The van der Waals surface area contributed by atoms with Crippen LogP contribution in [0.3, 0.4) is 0 Å². The molecule has 0 N–H and O–H groups in total. The Labute approximate surface area is 239 Å². The lowest BCUT2D eigenvalue weighted by molar-refractivity contribution is -0.139. The molecular formula is C29H28BrN3O5S. The van der Waals surface area contributed by atoms with Crippen LogP contribution in [0.4, 0.5) is 4.79 Å². The standard InChI is InChI=1S/C29H28BrN3O5S/c1-19-15-22(16-26-28(35)32(29(36)39-26)17-27(34)31-11-13-37-14-12-31)20(2)33(19)24-7-9-25(10-8-24)38-18-21-3-5-23(30)6-4-21/h3-10,15-16H,11-14,17-18H2,1-2H3/b26-16+. The number of hydrogen-bond donors (Lipinski definition) is 0. The number of amides is 3. The average molecular weight is 611 g/mol. The van der Waals surface area contributed by atoms with Crippen LogP contribution < -0.4 is 4.74 Å². The molecule has 0 bridgehead atoms. The molecule has 3 heterocycles. The minimum atomic E-state index is -0.441. The van der Waals surface area contributed by atoms with E-state index in [1.54, 1.807) is 11.0 Å². The molecule has 3 aromatic rings. The van der Waals surface area contributed by atoms with Crippen molar-refractivity contribution < 1.29 is 23.9 Å². The number of carbonyl (C=O) groups excluding carboxylic acids is 3. The number of rotatable bonds is 7. The fraction of sp³-hybridized carbons (Fsp3) is 0.276. The van der Waals surface area contributed by atoms with Crippen LogP contribution in [0, 0.1) is 13.8 Å². The number of thioether (sulfide) groups is 1.